The molecule has 21 heavy (non-hydrogen) atoms. The summed E-state index contributed by atoms with van der Waals surface area (Å²) in [5.74, 6) is -0.870. The molecule has 4 heteroatoms. The smallest absolute Gasteiger partial charge is 0.146 e. The van der Waals surface area contributed by atoms with Crippen LogP contribution in [0.15, 0.2) is 48.7 Å². The Morgan fingerprint density at radius 3 is 2.71 bits per heavy atom. The number of hydrogen-bond donors (Lipinski definition) is 1. The number of para-hydroxylation sites is 1. The topological polar surface area (TPSA) is 24.9 Å². The van der Waals surface area contributed by atoms with Gasteiger partial charge in [-0.15, -0.1) is 0 Å². The van der Waals surface area contributed by atoms with E-state index in [1.807, 2.05) is 30.3 Å². The van der Waals surface area contributed by atoms with Crippen LogP contribution in [0.3, 0.4) is 0 Å². The average molecular weight is 284 g/mol. The molecular weight excluding hydrogens is 270 g/mol. The second-order valence-corrected chi connectivity index (χ2v) is 4.92. The van der Waals surface area contributed by atoms with E-state index in [0.29, 0.717) is 12.1 Å². The number of pyridine rings is 1. The van der Waals surface area contributed by atoms with E-state index in [4.69, 9.17) is 0 Å². The van der Waals surface area contributed by atoms with Crippen molar-refractivity contribution in [2.75, 3.05) is 5.32 Å². The van der Waals surface area contributed by atoms with Crippen molar-refractivity contribution >= 4 is 16.6 Å². The van der Waals surface area contributed by atoms with Gasteiger partial charge in [0.05, 0.1) is 11.2 Å². The molecular formula is C17H14F2N2. The molecule has 0 radical (unpaired) electrons. The molecule has 0 saturated carbocycles. The second kappa shape index (κ2) is 5.48. The van der Waals surface area contributed by atoms with Crippen molar-refractivity contribution in [2.45, 2.75) is 13.5 Å². The highest BCUT2D eigenvalue weighted by molar-refractivity contribution is 5.82. The van der Waals surface area contributed by atoms with E-state index >= 15 is 0 Å². The molecule has 1 N–H and O–H groups in total. The first-order chi connectivity index (χ1) is 10.1. The van der Waals surface area contributed by atoms with Gasteiger partial charge in [0.2, 0.25) is 0 Å². The monoisotopic (exact) mass is 284 g/mol. The van der Waals surface area contributed by atoms with Crippen molar-refractivity contribution in [3.05, 3.63) is 71.4 Å². The molecule has 106 valence electrons. The normalized spacial score (nSPS) is 10.8. The van der Waals surface area contributed by atoms with Crippen molar-refractivity contribution in [1.82, 2.24) is 4.98 Å². The molecule has 0 amide bonds. The highest BCUT2D eigenvalue weighted by Gasteiger charge is 2.08. The molecule has 0 unspecified atom stereocenters. The maximum atomic E-state index is 13.8. The van der Waals surface area contributed by atoms with E-state index in [1.54, 1.807) is 13.1 Å². The largest absolute Gasteiger partial charge is 0.378 e. The van der Waals surface area contributed by atoms with Crippen LogP contribution in [0.2, 0.25) is 0 Å². The van der Waals surface area contributed by atoms with E-state index in [0.717, 1.165) is 16.5 Å². The third kappa shape index (κ3) is 2.70. The SMILES string of the molecule is Cc1cc(F)c(NCc2ccnc3ccccc23)cc1F. The summed E-state index contributed by atoms with van der Waals surface area (Å²) in [7, 11) is 0. The number of rotatable bonds is 3. The quantitative estimate of drug-likeness (QED) is 0.769. The van der Waals surface area contributed by atoms with Crippen LogP contribution < -0.4 is 5.32 Å². The maximum Gasteiger partial charge on any atom is 0.146 e. The second-order valence-electron chi connectivity index (χ2n) is 4.92. The zero-order valence-electron chi connectivity index (χ0n) is 11.5. The van der Waals surface area contributed by atoms with Gasteiger partial charge in [-0.1, -0.05) is 18.2 Å². The summed E-state index contributed by atoms with van der Waals surface area (Å²) in [6.45, 7) is 1.95. The Hall–Kier alpha value is -2.49. The first kappa shape index (κ1) is 13.5. The molecule has 2 aromatic carbocycles. The summed E-state index contributed by atoms with van der Waals surface area (Å²) in [6.07, 6.45) is 1.71. The van der Waals surface area contributed by atoms with Gasteiger partial charge in [-0.05, 0) is 36.2 Å². The van der Waals surface area contributed by atoms with Gasteiger partial charge >= 0.3 is 0 Å². The molecule has 3 aromatic rings. The Morgan fingerprint density at radius 1 is 1.05 bits per heavy atom. The highest BCUT2D eigenvalue weighted by atomic mass is 19.1. The zero-order valence-corrected chi connectivity index (χ0v) is 11.5. The van der Waals surface area contributed by atoms with Crippen LogP contribution in [0.4, 0.5) is 14.5 Å². The fraction of sp³-hybridized carbons (Fsp3) is 0.118. The Balaban J connectivity index is 1.89. The van der Waals surface area contributed by atoms with Crippen molar-refractivity contribution in [3.63, 3.8) is 0 Å². The summed E-state index contributed by atoms with van der Waals surface area (Å²) in [4.78, 5) is 4.28. The van der Waals surface area contributed by atoms with Gasteiger partial charge in [0.15, 0.2) is 0 Å². The van der Waals surface area contributed by atoms with Crippen LogP contribution in [0.1, 0.15) is 11.1 Å². The number of aryl methyl sites for hydroxylation is 1. The minimum atomic E-state index is -0.452. The zero-order chi connectivity index (χ0) is 14.8. The van der Waals surface area contributed by atoms with Crippen LogP contribution in [-0.2, 0) is 6.54 Å². The lowest BCUT2D eigenvalue weighted by Gasteiger charge is -2.10. The van der Waals surface area contributed by atoms with E-state index < -0.39 is 11.6 Å². The fourth-order valence-electron chi connectivity index (χ4n) is 2.28. The number of nitrogens with zero attached hydrogens (tertiary/aromatic N) is 1. The summed E-state index contributed by atoms with van der Waals surface area (Å²) >= 11 is 0. The van der Waals surface area contributed by atoms with Gasteiger partial charge in [-0.3, -0.25) is 4.98 Å². The van der Waals surface area contributed by atoms with E-state index in [1.165, 1.54) is 12.1 Å². The number of fused-ring (bicyclic) bond motifs is 1. The Morgan fingerprint density at radius 2 is 1.86 bits per heavy atom. The van der Waals surface area contributed by atoms with Crippen molar-refractivity contribution < 1.29 is 8.78 Å². The lowest BCUT2D eigenvalue weighted by atomic mass is 10.1. The summed E-state index contributed by atoms with van der Waals surface area (Å²) < 4.78 is 27.3. The van der Waals surface area contributed by atoms with Crippen molar-refractivity contribution in [3.8, 4) is 0 Å². The lowest BCUT2D eigenvalue weighted by molar-refractivity contribution is 0.594. The van der Waals surface area contributed by atoms with Gasteiger partial charge in [0.1, 0.15) is 11.6 Å². The molecule has 0 aliphatic rings. The molecule has 0 spiro atoms. The minimum absolute atomic E-state index is 0.166. The molecule has 1 heterocycles. The van der Waals surface area contributed by atoms with Crippen LogP contribution in [0, 0.1) is 18.6 Å². The number of anilines is 1. The van der Waals surface area contributed by atoms with Crippen LogP contribution >= 0.6 is 0 Å². The molecule has 0 aliphatic carbocycles. The predicted octanol–water partition coefficient (Wildman–Crippen LogP) is 4.43. The summed E-state index contributed by atoms with van der Waals surface area (Å²) in [5.41, 5.74) is 2.33. The summed E-state index contributed by atoms with van der Waals surface area (Å²) in [5, 5.41) is 3.95. The van der Waals surface area contributed by atoms with Crippen molar-refractivity contribution in [1.29, 1.82) is 0 Å². The average Bonchev–Trinajstić information content (AvgIpc) is 2.49. The number of benzene rings is 2. The maximum absolute atomic E-state index is 13.8. The number of nitrogens with one attached hydrogen (secondary N) is 1. The molecule has 0 aliphatic heterocycles. The van der Waals surface area contributed by atoms with Gasteiger partial charge in [-0.2, -0.15) is 0 Å². The number of aromatic nitrogens is 1. The molecule has 1 aromatic heterocycles. The van der Waals surface area contributed by atoms with Crippen LogP contribution in [0.25, 0.3) is 10.9 Å². The fourth-order valence-corrected chi connectivity index (χ4v) is 2.28. The number of halogens is 2. The van der Waals surface area contributed by atoms with E-state index in [2.05, 4.69) is 10.3 Å². The Labute approximate surface area is 121 Å². The summed E-state index contributed by atoms with van der Waals surface area (Å²) in [6, 6.07) is 12.0. The van der Waals surface area contributed by atoms with E-state index in [9.17, 15) is 8.78 Å². The highest BCUT2D eigenvalue weighted by Crippen LogP contribution is 2.21. The van der Waals surface area contributed by atoms with Crippen LogP contribution in [-0.4, -0.2) is 4.98 Å². The molecule has 0 saturated heterocycles. The third-order valence-electron chi connectivity index (χ3n) is 3.46. The molecule has 3 rings (SSSR count). The molecule has 0 atom stereocenters. The standard InChI is InChI=1S/C17H14F2N2/c1-11-8-15(19)17(9-14(11)18)21-10-12-6-7-20-16-5-3-2-4-13(12)16/h2-9,21H,10H2,1H3. The molecule has 0 bridgehead atoms. The Kier molecular flexibility index (Phi) is 3.52. The minimum Gasteiger partial charge on any atom is -0.378 e. The number of hydrogen-bond acceptors (Lipinski definition) is 2. The Bertz CT molecular complexity index is 795. The predicted molar refractivity (Wildman–Crippen MR) is 80.2 cm³/mol. The van der Waals surface area contributed by atoms with Gasteiger partial charge in [-0.25, -0.2) is 8.78 Å². The van der Waals surface area contributed by atoms with Crippen LogP contribution in [0.5, 0.6) is 0 Å². The van der Waals surface area contributed by atoms with Gasteiger partial charge in [0, 0.05) is 24.2 Å². The van der Waals surface area contributed by atoms with E-state index in [-0.39, 0.29) is 5.69 Å². The first-order valence-electron chi connectivity index (χ1n) is 6.67. The van der Waals surface area contributed by atoms with Gasteiger partial charge in [0.25, 0.3) is 0 Å². The molecule has 0 fully saturated rings. The van der Waals surface area contributed by atoms with Crippen molar-refractivity contribution in [2.24, 2.45) is 0 Å². The third-order valence-corrected chi connectivity index (χ3v) is 3.46. The first-order valence-corrected chi connectivity index (χ1v) is 6.67. The molecule has 2 nitrogen and oxygen atoms in total. The van der Waals surface area contributed by atoms with Gasteiger partial charge < -0.3 is 5.32 Å². The lowest BCUT2D eigenvalue weighted by Crippen LogP contribution is -2.03.